The van der Waals surface area contributed by atoms with Crippen molar-refractivity contribution in [3.63, 3.8) is 0 Å². The Bertz CT molecular complexity index is 594. The summed E-state index contributed by atoms with van der Waals surface area (Å²) in [5.74, 6) is 7.86. The molecule has 0 unspecified atom stereocenters. The van der Waals surface area contributed by atoms with Gasteiger partial charge in [-0.05, 0) is 35.4 Å². The zero-order chi connectivity index (χ0) is 14.2. The second-order valence-corrected chi connectivity index (χ2v) is 5.74. The molecule has 0 amide bonds. The molecule has 1 nitrogen and oxygen atoms in total. The fraction of sp³-hybridized carbons (Fsp3) is 0.176. The van der Waals surface area contributed by atoms with Crippen molar-refractivity contribution < 1.29 is 0 Å². The van der Waals surface area contributed by atoms with E-state index in [9.17, 15) is 0 Å². The summed E-state index contributed by atoms with van der Waals surface area (Å²) in [5, 5.41) is 0.785. The predicted molar refractivity (Wildman–Crippen MR) is 88.8 cm³/mol. The summed E-state index contributed by atoms with van der Waals surface area (Å²) < 4.78 is 0. The summed E-state index contributed by atoms with van der Waals surface area (Å²) in [6.45, 7) is 0.401. The fourth-order valence-electron chi connectivity index (χ4n) is 1.70. The van der Waals surface area contributed by atoms with E-state index in [1.54, 1.807) is 0 Å². The predicted octanol–water partition coefficient (Wildman–Crippen LogP) is 4.08. The quantitative estimate of drug-likeness (QED) is 0.861. The fourth-order valence-corrected chi connectivity index (χ4v) is 2.79. The van der Waals surface area contributed by atoms with Crippen molar-refractivity contribution in [1.29, 1.82) is 0 Å². The van der Waals surface area contributed by atoms with Gasteiger partial charge in [0.2, 0.25) is 0 Å². The first-order chi connectivity index (χ1) is 9.78. The van der Waals surface area contributed by atoms with Crippen LogP contribution in [0.5, 0.6) is 0 Å². The smallest absolute Gasteiger partial charge is 0.0555 e. The number of hydrogen-bond donors (Lipinski definition) is 1. The molecular weight excluding hydrogens is 286 g/mol. The third-order valence-electron chi connectivity index (χ3n) is 2.74. The van der Waals surface area contributed by atoms with E-state index in [1.165, 1.54) is 11.1 Å². The first kappa shape index (κ1) is 15.0. The number of rotatable bonds is 4. The van der Waals surface area contributed by atoms with E-state index < -0.39 is 0 Å². The topological polar surface area (TPSA) is 26.0 Å². The number of hydrogen-bond acceptors (Lipinski definition) is 2. The molecule has 2 aromatic carbocycles. The van der Waals surface area contributed by atoms with E-state index in [0.717, 1.165) is 22.1 Å². The molecule has 2 aromatic rings. The first-order valence-corrected chi connectivity index (χ1v) is 7.91. The average molecular weight is 302 g/mol. The molecular formula is C17H16ClNS. The maximum Gasteiger partial charge on any atom is 0.0555 e. The molecule has 0 aliphatic carbocycles. The van der Waals surface area contributed by atoms with Crippen molar-refractivity contribution in [2.45, 2.75) is 11.5 Å². The van der Waals surface area contributed by atoms with Crippen LogP contribution in [0.3, 0.4) is 0 Å². The molecule has 20 heavy (non-hydrogen) atoms. The van der Waals surface area contributed by atoms with Crippen LogP contribution in [0, 0.1) is 11.8 Å². The molecule has 0 aliphatic rings. The molecule has 0 saturated carbocycles. The molecule has 0 bridgehead atoms. The number of thioether (sulfide) groups is 1. The Morgan fingerprint density at radius 1 is 0.900 bits per heavy atom. The van der Waals surface area contributed by atoms with E-state index in [2.05, 4.69) is 36.1 Å². The Labute approximate surface area is 129 Å². The lowest BCUT2D eigenvalue weighted by molar-refractivity contribution is 1.30. The van der Waals surface area contributed by atoms with E-state index in [0.29, 0.717) is 6.54 Å². The van der Waals surface area contributed by atoms with Crippen LogP contribution in [0.25, 0.3) is 0 Å². The molecule has 102 valence electrons. The van der Waals surface area contributed by atoms with Gasteiger partial charge in [0.25, 0.3) is 0 Å². The van der Waals surface area contributed by atoms with Gasteiger partial charge in [-0.1, -0.05) is 47.7 Å². The summed E-state index contributed by atoms with van der Waals surface area (Å²) in [6.07, 6.45) is 0. The highest BCUT2D eigenvalue weighted by Gasteiger charge is 1.97. The highest BCUT2D eigenvalue weighted by atomic mass is 35.5. The lowest BCUT2D eigenvalue weighted by Gasteiger charge is -2.03. The van der Waals surface area contributed by atoms with Gasteiger partial charge < -0.3 is 5.73 Å². The Kier molecular flexibility index (Phi) is 6.01. The standard InChI is InChI=1S/C17H16ClNS/c18-17-9-7-16(8-10-17)13-20-12-15-5-3-14(4-6-15)2-1-11-19/h3-10H,11-13,19H2. The summed E-state index contributed by atoms with van der Waals surface area (Å²) in [4.78, 5) is 0. The summed E-state index contributed by atoms with van der Waals surface area (Å²) >= 11 is 7.76. The van der Waals surface area contributed by atoms with Crippen molar-refractivity contribution in [1.82, 2.24) is 0 Å². The van der Waals surface area contributed by atoms with E-state index in [1.807, 2.05) is 36.0 Å². The van der Waals surface area contributed by atoms with E-state index in [4.69, 9.17) is 17.3 Å². The monoisotopic (exact) mass is 301 g/mol. The van der Waals surface area contributed by atoms with Crippen molar-refractivity contribution in [2.24, 2.45) is 5.73 Å². The first-order valence-electron chi connectivity index (χ1n) is 6.38. The van der Waals surface area contributed by atoms with Gasteiger partial charge in [0.1, 0.15) is 0 Å². The summed E-state index contributed by atoms with van der Waals surface area (Å²) in [6, 6.07) is 16.3. The van der Waals surface area contributed by atoms with Crippen molar-refractivity contribution in [3.8, 4) is 11.8 Å². The molecule has 0 spiro atoms. The number of halogens is 1. The maximum atomic E-state index is 5.87. The zero-order valence-corrected chi connectivity index (χ0v) is 12.7. The zero-order valence-electron chi connectivity index (χ0n) is 11.1. The van der Waals surface area contributed by atoms with Crippen molar-refractivity contribution in [2.75, 3.05) is 6.54 Å². The SMILES string of the molecule is NCC#Cc1ccc(CSCc2ccc(Cl)cc2)cc1. The maximum absolute atomic E-state index is 5.87. The van der Waals surface area contributed by atoms with Crippen molar-refractivity contribution in [3.05, 3.63) is 70.2 Å². The second kappa shape index (κ2) is 8.01. The van der Waals surface area contributed by atoms with Gasteiger partial charge in [-0.25, -0.2) is 0 Å². The molecule has 0 aromatic heterocycles. The van der Waals surface area contributed by atoms with E-state index >= 15 is 0 Å². The molecule has 0 saturated heterocycles. The van der Waals surface area contributed by atoms with Gasteiger partial charge in [0.15, 0.2) is 0 Å². The minimum atomic E-state index is 0.401. The minimum Gasteiger partial charge on any atom is -0.320 e. The van der Waals surface area contributed by atoms with Crippen LogP contribution >= 0.6 is 23.4 Å². The highest BCUT2D eigenvalue weighted by Crippen LogP contribution is 2.19. The van der Waals surface area contributed by atoms with Crippen LogP contribution in [0.2, 0.25) is 5.02 Å². The van der Waals surface area contributed by atoms with Gasteiger partial charge in [-0.15, -0.1) is 0 Å². The lowest BCUT2D eigenvalue weighted by atomic mass is 10.1. The van der Waals surface area contributed by atoms with Gasteiger partial charge >= 0.3 is 0 Å². The molecule has 2 rings (SSSR count). The largest absolute Gasteiger partial charge is 0.320 e. The molecule has 2 N–H and O–H groups in total. The Morgan fingerprint density at radius 3 is 2.00 bits per heavy atom. The number of benzene rings is 2. The summed E-state index contributed by atoms with van der Waals surface area (Å²) in [7, 11) is 0. The lowest BCUT2D eigenvalue weighted by Crippen LogP contribution is -1.93. The van der Waals surface area contributed by atoms with Crippen LogP contribution in [0.1, 0.15) is 16.7 Å². The molecule has 0 heterocycles. The van der Waals surface area contributed by atoms with Crippen LogP contribution in [0.4, 0.5) is 0 Å². The van der Waals surface area contributed by atoms with E-state index in [-0.39, 0.29) is 0 Å². The minimum absolute atomic E-state index is 0.401. The molecule has 0 atom stereocenters. The van der Waals surface area contributed by atoms with Crippen LogP contribution < -0.4 is 5.73 Å². The molecule has 3 heteroatoms. The highest BCUT2D eigenvalue weighted by molar-refractivity contribution is 7.97. The second-order valence-electron chi connectivity index (χ2n) is 4.32. The van der Waals surface area contributed by atoms with Gasteiger partial charge in [-0.3, -0.25) is 0 Å². The van der Waals surface area contributed by atoms with Gasteiger partial charge in [0, 0.05) is 22.1 Å². The van der Waals surface area contributed by atoms with Crippen LogP contribution in [-0.2, 0) is 11.5 Å². The Hall–Kier alpha value is -1.40. The molecule has 0 fully saturated rings. The normalized spacial score (nSPS) is 9.90. The third kappa shape index (κ3) is 4.94. The Balaban J connectivity index is 1.83. The third-order valence-corrected chi connectivity index (χ3v) is 4.07. The number of nitrogens with two attached hydrogens (primary N) is 1. The van der Waals surface area contributed by atoms with Gasteiger partial charge in [0.05, 0.1) is 6.54 Å². The molecule has 0 radical (unpaired) electrons. The van der Waals surface area contributed by atoms with Crippen molar-refractivity contribution >= 4 is 23.4 Å². The summed E-state index contributed by atoms with van der Waals surface area (Å²) in [5.41, 5.74) is 8.97. The van der Waals surface area contributed by atoms with Gasteiger partial charge in [-0.2, -0.15) is 11.8 Å². The molecule has 0 aliphatic heterocycles. The van der Waals surface area contributed by atoms with Crippen LogP contribution in [0.15, 0.2) is 48.5 Å². The van der Waals surface area contributed by atoms with Crippen LogP contribution in [-0.4, -0.2) is 6.54 Å². The average Bonchev–Trinajstić information content (AvgIpc) is 2.48. The Morgan fingerprint density at radius 2 is 1.45 bits per heavy atom.